The number of carbonyl (C=O) groups excluding carboxylic acids is 1. The van der Waals surface area contributed by atoms with Crippen LogP contribution >= 0.6 is 0 Å². The van der Waals surface area contributed by atoms with Crippen molar-refractivity contribution in [1.82, 2.24) is 0 Å². The van der Waals surface area contributed by atoms with Gasteiger partial charge in [0.25, 0.3) is 0 Å². The first-order valence-electron chi connectivity index (χ1n) is 8.52. The molecule has 1 amide bonds. The van der Waals surface area contributed by atoms with Gasteiger partial charge in [0, 0.05) is 5.69 Å². The van der Waals surface area contributed by atoms with Gasteiger partial charge in [-0.25, -0.2) is 0 Å². The van der Waals surface area contributed by atoms with Crippen LogP contribution in [0.5, 0.6) is 11.5 Å². The molecule has 134 valence electrons. The summed E-state index contributed by atoms with van der Waals surface area (Å²) in [5.41, 5.74) is 6.29. The summed E-state index contributed by atoms with van der Waals surface area (Å²) >= 11 is 0. The van der Waals surface area contributed by atoms with Gasteiger partial charge in [0.2, 0.25) is 5.91 Å². The first-order valence-corrected chi connectivity index (χ1v) is 8.52. The molecular formula is C20H26N2O3. The smallest absolute Gasteiger partial charge is 0.246 e. The van der Waals surface area contributed by atoms with Crippen molar-refractivity contribution in [2.45, 2.75) is 38.6 Å². The highest BCUT2D eigenvalue weighted by Crippen LogP contribution is 2.24. The van der Waals surface area contributed by atoms with E-state index >= 15 is 0 Å². The summed E-state index contributed by atoms with van der Waals surface area (Å²) in [7, 11) is 0. The Morgan fingerprint density at radius 2 is 1.68 bits per heavy atom. The Hall–Kier alpha value is -2.37. The van der Waals surface area contributed by atoms with Gasteiger partial charge in [-0.2, -0.15) is 0 Å². The lowest BCUT2D eigenvalue weighted by Crippen LogP contribution is -2.51. The third-order valence-corrected chi connectivity index (χ3v) is 3.94. The number of rotatable bonds is 8. The van der Waals surface area contributed by atoms with Crippen LogP contribution in [-0.4, -0.2) is 23.2 Å². The van der Waals surface area contributed by atoms with Crippen LogP contribution in [0, 0.1) is 0 Å². The molecule has 2 rings (SSSR count). The van der Waals surface area contributed by atoms with Gasteiger partial charge >= 0.3 is 0 Å². The van der Waals surface area contributed by atoms with Crippen molar-refractivity contribution >= 4 is 11.6 Å². The molecular weight excluding hydrogens is 316 g/mol. The van der Waals surface area contributed by atoms with E-state index in [9.17, 15) is 4.79 Å². The number of hydrogen-bond acceptors (Lipinski definition) is 4. The number of unbranched alkanes of at least 4 members (excludes halogenated alkanes) is 1. The minimum Gasteiger partial charge on any atom is -0.457 e. The standard InChI is InChI=1S/C20H26N2O3/c1-3-4-5-15-6-10-17(11-7-15)25-18-12-8-16(9-13-18)22-19(24)20(2,21)14-23/h6-13,23H,3-5,14,21H2,1-2H3,(H,22,24)/t20-/m0/s1. The summed E-state index contributed by atoms with van der Waals surface area (Å²) in [6.45, 7) is 3.24. The molecule has 0 saturated heterocycles. The zero-order valence-electron chi connectivity index (χ0n) is 14.8. The number of aryl methyl sites for hydroxylation is 1. The molecule has 0 spiro atoms. The van der Waals surface area contributed by atoms with Crippen LogP contribution in [0.3, 0.4) is 0 Å². The zero-order valence-corrected chi connectivity index (χ0v) is 14.8. The molecule has 0 fully saturated rings. The van der Waals surface area contributed by atoms with Crippen LogP contribution in [0.1, 0.15) is 32.3 Å². The summed E-state index contributed by atoms with van der Waals surface area (Å²) in [5.74, 6) is 1.01. The summed E-state index contributed by atoms with van der Waals surface area (Å²) in [5, 5.41) is 11.8. The highest BCUT2D eigenvalue weighted by Gasteiger charge is 2.27. The molecule has 0 radical (unpaired) electrons. The van der Waals surface area contributed by atoms with Crippen LogP contribution < -0.4 is 15.8 Å². The van der Waals surface area contributed by atoms with E-state index in [2.05, 4.69) is 24.4 Å². The predicted octanol–water partition coefficient (Wildman–Crippen LogP) is 3.47. The molecule has 1 atom stereocenters. The third-order valence-electron chi connectivity index (χ3n) is 3.94. The largest absolute Gasteiger partial charge is 0.457 e. The molecule has 25 heavy (non-hydrogen) atoms. The van der Waals surface area contributed by atoms with Gasteiger partial charge in [-0.05, 0) is 61.7 Å². The molecule has 5 nitrogen and oxygen atoms in total. The summed E-state index contributed by atoms with van der Waals surface area (Å²) < 4.78 is 5.81. The van der Waals surface area contributed by atoms with E-state index in [4.69, 9.17) is 15.6 Å². The molecule has 4 N–H and O–H groups in total. The average Bonchev–Trinajstić information content (AvgIpc) is 2.62. The van der Waals surface area contributed by atoms with E-state index < -0.39 is 18.1 Å². The van der Waals surface area contributed by atoms with Crippen molar-refractivity contribution < 1.29 is 14.6 Å². The van der Waals surface area contributed by atoms with E-state index in [-0.39, 0.29) is 0 Å². The number of aliphatic hydroxyl groups excluding tert-OH is 1. The maximum absolute atomic E-state index is 11.9. The van der Waals surface area contributed by atoms with Crippen LogP contribution in [0.15, 0.2) is 48.5 Å². The molecule has 0 aliphatic rings. The lowest BCUT2D eigenvalue weighted by molar-refractivity contribution is -0.121. The third kappa shape index (κ3) is 5.59. The maximum Gasteiger partial charge on any atom is 0.246 e. The molecule has 0 heterocycles. The lowest BCUT2D eigenvalue weighted by atomic mass is 10.0. The average molecular weight is 342 g/mol. The summed E-state index contributed by atoms with van der Waals surface area (Å²) in [4.78, 5) is 11.9. The van der Waals surface area contributed by atoms with Gasteiger partial charge < -0.3 is 20.9 Å². The van der Waals surface area contributed by atoms with Crippen molar-refractivity contribution in [3.05, 3.63) is 54.1 Å². The minimum atomic E-state index is -1.31. The number of ether oxygens (including phenoxy) is 1. The fourth-order valence-corrected chi connectivity index (χ4v) is 2.19. The van der Waals surface area contributed by atoms with Crippen molar-refractivity contribution in [3.63, 3.8) is 0 Å². The molecule has 5 heteroatoms. The number of nitrogens with two attached hydrogens (primary N) is 1. The van der Waals surface area contributed by atoms with E-state index in [1.165, 1.54) is 25.3 Å². The number of amides is 1. The number of carbonyl (C=O) groups is 1. The van der Waals surface area contributed by atoms with Crippen LogP contribution in [0.4, 0.5) is 5.69 Å². The first kappa shape index (κ1) is 19.0. The monoisotopic (exact) mass is 342 g/mol. The number of aliphatic hydroxyl groups is 1. The highest BCUT2D eigenvalue weighted by atomic mass is 16.5. The van der Waals surface area contributed by atoms with Crippen LogP contribution in [0.2, 0.25) is 0 Å². The molecule has 0 saturated carbocycles. The highest BCUT2D eigenvalue weighted by molar-refractivity contribution is 5.97. The number of nitrogens with one attached hydrogen (secondary N) is 1. The molecule has 2 aromatic carbocycles. The van der Waals surface area contributed by atoms with Crippen molar-refractivity contribution in [2.75, 3.05) is 11.9 Å². The second-order valence-corrected chi connectivity index (χ2v) is 6.40. The molecule has 0 unspecified atom stereocenters. The second kappa shape index (κ2) is 8.65. The predicted molar refractivity (Wildman–Crippen MR) is 99.9 cm³/mol. The van der Waals surface area contributed by atoms with E-state index in [0.717, 1.165) is 12.2 Å². The van der Waals surface area contributed by atoms with Crippen LogP contribution in [-0.2, 0) is 11.2 Å². The Balaban J connectivity index is 1.95. The maximum atomic E-state index is 11.9. The van der Waals surface area contributed by atoms with Crippen LogP contribution in [0.25, 0.3) is 0 Å². The Labute approximate surface area is 148 Å². The van der Waals surface area contributed by atoms with Crippen molar-refractivity contribution in [2.24, 2.45) is 5.73 Å². The Morgan fingerprint density at radius 1 is 1.12 bits per heavy atom. The van der Waals surface area contributed by atoms with Gasteiger partial charge in [-0.15, -0.1) is 0 Å². The molecule has 2 aromatic rings. The summed E-state index contributed by atoms with van der Waals surface area (Å²) in [6, 6.07) is 15.1. The lowest BCUT2D eigenvalue weighted by Gasteiger charge is -2.20. The van der Waals surface area contributed by atoms with Gasteiger partial charge in [0.1, 0.15) is 17.0 Å². The number of hydrogen-bond donors (Lipinski definition) is 3. The second-order valence-electron chi connectivity index (χ2n) is 6.40. The summed E-state index contributed by atoms with van der Waals surface area (Å²) in [6.07, 6.45) is 3.45. The number of benzene rings is 2. The normalized spacial score (nSPS) is 13.1. The number of anilines is 1. The molecule has 0 bridgehead atoms. The molecule has 0 aliphatic carbocycles. The van der Waals surface area contributed by atoms with Crippen molar-refractivity contribution in [1.29, 1.82) is 0 Å². The van der Waals surface area contributed by atoms with Crippen molar-refractivity contribution in [3.8, 4) is 11.5 Å². The Bertz CT molecular complexity index is 679. The Morgan fingerprint density at radius 3 is 2.20 bits per heavy atom. The van der Waals surface area contributed by atoms with Gasteiger partial charge in [-0.1, -0.05) is 25.5 Å². The SMILES string of the molecule is CCCCc1ccc(Oc2ccc(NC(=O)[C@@](C)(N)CO)cc2)cc1. The molecule has 0 aromatic heterocycles. The fourth-order valence-electron chi connectivity index (χ4n) is 2.19. The Kier molecular flexibility index (Phi) is 6.56. The van der Waals surface area contributed by atoms with E-state index in [1.807, 2.05) is 12.1 Å². The first-order chi connectivity index (χ1) is 11.9. The van der Waals surface area contributed by atoms with Gasteiger partial charge in [-0.3, -0.25) is 4.79 Å². The fraction of sp³-hybridized carbons (Fsp3) is 0.350. The zero-order chi connectivity index (χ0) is 18.3. The topological polar surface area (TPSA) is 84.6 Å². The van der Waals surface area contributed by atoms with Gasteiger partial charge in [0.15, 0.2) is 0 Å². The minimum absolute atomic E-state index is 0.422. The molecule has 0 aliphatic heterocycles. The van der Waals surface area contributed by atoms with Gasteiger partial charge in [0.05, 0.1) is 6.61 Å². The van der Waals surface area contributed by atoms with E-state index in [1.54, 1.807) is 24.3 Å². The quantitative estimate of drug-likeness (QED) is 0.686. The van der Waals surface area contributed by atoms with E-state index in [0.29, 0.717) is 11.4 Å².